The van der Waals surface area contributed by atoms with Crippen molar-refractivity contribution in [3.8, 4) is 5.75 Å². The molecule has 0 fully saturated rings. The van der Waals surface area contributed by atoms with E-state index < -0.39 is 0 Å². The van der Waals surface area contributed by atoms with Crippen LogP contribution in [0.15, 0.2) is 36.4 Å². The zero-order valence-corrected chi connectivity index (χ0v) is 15.5. The van der Waals surface area contributed by atoms with Gasteiger partial charge < -0.3 is 15.0 Å². The fourth-order valence-electron chi connectivity index (χ4n) is 3.95. The number of hydrogen-bond donors (Lipinski definition) is 2. The second-order valence-electron chi connectivity index (χ2n) is 6.91. The average Bonchev–Trinajstić information content (AvgIpc) is 3.03. The summed E-state index contributed by atoms with van der Waals surface area (Å²) >= 11 is 0. The van der Waals surface area contributed by atoms with Gasteiger partial charge in [-0.25, -0.2) is 0 Å². The number of aromatic nitrogens is 1. The van der Waals surface area contributed by atoms with Gasteiger partial charge in [-0.2, -0.15) is 0 Å². The average molecular weight is 362 g/mol. The molecule has 2 N–H and O–H groups in total. The molecular weight excluding hydrogens is 340 g/mol. The quantitative estimate of drug-likeness (QED) is 0.739. The maximum Gasteiger partial charge on any atom is 0.268 e. The largest absolute Gasteiger partial charge is 0.496 e. The molecule has 0 spiro atoms. The third-order valence-electron chi connectivity index (χ3n) is 5.31. The maximum atomic E-state index is 12.8. The number of hydrogen-bond acceptors (Lipinski definition) is 3. The van der Waals surface area contributed by atoms with Crippen molar-refractivity contribution in [2.45, 2.75) is 32.7 Å². The summed E-state index contributed by atoms with van der Waals surface area (Å²) in [4.78, 5) is 28.2. The number of ether oxygens (including phenoxy) is 1. The number of fused-ring (bicyclic) bond motifs is 2. The van der Waals surface area contributed by atoms with Gasteiger partial charge in [-0.05, 0) is 42.2 Å². The van der Waals surface area contributed by atoms with Gasteiger partial charge in [0.15, 0.2) is 5.78 Å². The summed E-state index contributed by atoms with van der Waals surface area (Å²) in [6, 6.07) is 11.9. The molecular formula is C22H22N2O3. The van der Waals surface area contributed by atoms with E-state index in [0.29, 0.717) is 24.2 Å². The van der Waals surface area contributed by atoms with E-state index in [9.17, 15) is 9.59 Å². The number of aromatic amines is 1. The Balaban J connectivity index is 1.62. The van der Waals surface area contributed by atoms with Crippen molar-refractivity contribution < 1.29 is 14.3 Å². The highest BCUT2D eigenvalue weighted by atomic mass is 16.5. The van der Waals surface area contributed by atoms with E-state index in [-0.39, 0.29) is 11.7 Å². The topological polar surface area (TPSA) is 71.2 Å². The number of Topliss-reactive ketones (excluding diaryl/α,β-unsaturated/α-hetero) is 1. The molecule has 1 heterocycles. The highest BCUT2D eigenvalue weighted by molar-refractivity contribution is 6.04. The summed E-state index contributed by atoms with van der Waals surface area (Å²) in [6.07, 6.45) is 2.20. The molecule has 138 valence electrons. The maximum absolute atomic E-state index is 12.8. The standard InChI is InChI=1S/C22H22N2O3/c1-13-20-17(8-5-9-18(20)25)24-21(13)22(26)23-12-16-15-7-4-3-6-14(15)10-11-19(16)27-2/h3-4,6-7,10-11,24H,5,8-9,12H2,1-2H3,(H,23,26). The molecule has 1 aromatic heterocycles. The minimum atomic E-state index is -0.204. The summed E-state index contributed by atoms with van der Waals surface area (Å²) in [5.74, 6) is 0.663. The van der Waals surface area contributed by atoms with Gasteiger partial charge in [0.05, 0.1) is 7.11 Å². The highest BCUT2D eigenvalue weighted by Crippen LogP contribution is 2.29. The number of carbonyl (C=O) groups excluding carboxylic acids is 2. The molecule has 1 aliphatic carbocycles. The van der Waals surface area contributed by atoms with E-state index >= 15 is 0 Å². The number of benzene rings is 2. The zero-order valence-electron chi connectivity index (χ0n) is 15.5. The SMILES string of the molecule is COc1ccc2ccccc2c1CNC(=O)c1[nH]c2c(c1C)C(=O)CCC2. The number of amides is 1. The van der Waals surface area contributed by atoms with Crippen LogP contribution < -0.4 is 10.1 Å². The molecule has 0 atom stereocenters. The number of H-pyrrole nitrogens is 1. The molecule has 1 aliphatic rings. The second-order valence-corrected chi connectivity index (χ2v) is 6.91. The van der Waals surface area contributed by atoms with Crippen LogP contribution in [0.4, 0.5) is 0 Å². The fourth-order valence-corrected chi connectivity index (χ4v) is 3.95. The summed E-state index contributed by atoms with van der Waals surface area (Å²) in [5.41, 5.74) is 3.76. The van der Waals surface area contributed by atoms with E-state index in [1.165, 1.54) is 0 Å². The number of ketones is 1. The third-order valence-corrected chi connectivity index (χ3v) is 5.31. The third kappa shape index (κ3) is 2.99. The minimum absolute atomic E-state index is 0.125. The second kappa shape index (κ2) is 6.91. The van der Waals surface area contributed by atoms with Gasteiger partial charge in [0, 0.05) is 29.8 Å². The van der Waals surface area contributed by atoms with Crippen molar-refractivity contribution in [2.24, 2.45) is 0 Å². The highest BCUT2D eigenvalue weighted by Gasteiger charge is 2.26. The van der Waals surface area contributed by atoms with E-state index in [4.69, 9.17) is 4.74 Å². The van der Waals surface area contributed by atoms with E-state index in [1.807, 2.05) is 43.3 Å². The Hall–Kier alpha value is -3.08. The minimum Gasteiger partial charge on any atom is -0.496 e. The molecule has 5 heteroatoms. The number of carbonyl (C=O) groups is 2. The Kier molecular flexibility index (Phi) is 4.44. The Morgan fingerprint density at radius 2 is 2.00 bits per heavy atom. The molecule has 3 aromatic rings. The van der Waals surface area contributed by atoms with Crippen molar-refractivity contribution in [1.29, 1.82) is 0 Å². The van der Waals surface area contributed by atoms with E-state index in [1.54, 1.807) is 7.11 Å². The summed E-state index contributed by atoms with van der Waals surface area (Å²) in [7, 11) is 1.63. The lowest BCUT2D eigenvalue weighted by atomic mass is 9.94. The van der Waals surface area contributed by atoms with Crippen LogP contribution in [-0.2, 0) is 13.0 Å². The lowest BCUT2D eigenvalue weighted by molar-refractivity contribution is 0.0944. The summed E-state index contributed by atoms with van der Waals surface area (Å²) in [5, 5.41) is 5.13. The van der Waals surface area contributed by atoms with Crippen molar-refractivity contribution in [1.82, 2.24) is 10.3 Å². The van der Waals surface area contributed by atoms with Gasteiger partial charge in [0.2, 0.25) is 0 Å². The molecule has 27 heavy (non-hydrogen) atoms. The number of rotatable bonds is 4. The van der Waals surface area contributed by atoms with Crippen LogP contribution in [0.5, 0.6) is 5.75 Å². The van der Waals surface area contributed by atoms with Crippen LogP contribution in [0.3, 0.4) is 0 Å². The van der Waals surface area contributed by atoms with Crippen molar-refractivity contribution in [3.05, 3.63) is 64.5 Å². The fraction of sp³-hybridized carbons (Fsp3) is 0.273. The van der Waals surface area contributed by atoms with Gasteiger partial charge in [0.1, 0.15) is 11.4 Å². The Morgan fingerprint density at radius 3 is 2.78 bits per heavy atom. The van der Waals surface area contributed by atoms with Crippen LogP contribution in [0, 0.1) is 6.92 Å². The smallest absolute Gasteiger partial charge is 0.268 e. The first kappa shape index (κ1) is 17.3. The lowest BCUT2D eigenvalue weighted by Gasteiger charge is -2.13. The zero-order chi connectivity index (χ0) is 19.0. The van der Waals surface area contributed by atoms with Gasteiger partial charge >= 0.3 is 0 Å². The number of methoxy groups -OCH3 is 1. The molecule has 0 bridgehead atoms. The van der Waals surface area contributed by atoms with Crippen LogP contribution in [-0.4, -0.2) is 23.8 Å². The molecule has 0 radical (unpaired) electrons. The Morgan fingerprint density at radius 1 is 1.19 bits per heavy atom. The molecule has 0 saturated heterocycles. The first-order valence-electron chi connectivity index (χ1n) is 9.17. The van der Waals surface area contributed by atoms with Gasteiger partial charge in [0.25, 0.3) is 5.91 Å². The Labute approximate surface area is 157 Å². The van der Waals surface area contributed by atoms with Crippen LogP contribution in [0.1, 0.15) is 50.5 Å². The number of aryl methyl sites for hydroxylation is 1. The first-order valence-corrected chi connectivity index (χ1v) is 9.17. The first-order chi connectivity index (χ1) is 13.1. The van der Waals surface area contributed by atoms with Crippen LogP contribution >= 0.6 is 0 Å². The molecule has 4 rings (SSSR count). The molecule has 0 unspecified atom stereocenters. The normalized spacial score (nSPS) is 13.5. The van der Waals surface area contributed by atoms with Crippen LogP contribution in [0.25, 0.3) is 10.8 Å². The van der Waals surface area contributed by atoms with Crippen molar-refractivity contribution in [3.63, 3.8) is 0 Å². The molecule has 2 aromatic carbocycles. The van der Waals surface area contributed by atoms with E-state index in [0.717, 1.165) is 46.2 Å². The van der Waals surface area contributed by atoms with Crippen molar-refractivity contribution >= 4 is 22.5 Å². The van der Waals surface area contributed by atoms with Crippen molar-refractivity contribution in [2.75, 3.05) is 7.11 Å². The summed E-state index contributed by atoms with van der Waals surface area (Å²) in [6.45, 7) is 2.19. The summed E-state index contributed by atoms with van der Waals surface area (Å²) < 4.78 is 5.49. The molecule has 0 saturated carbocycles. The molecule has 0 aliphatic heterocycles. The predicted molar refractivity (Wildman–Crippen MR) is 104 cm³/mol. The van der Waals surface area contributed by atoms with Crippen LogP contribution in [0.2, 0.25) is 0 Å². The number of nitrogens with one attached hydrogen (secondary N) is 2. The predicted octanol–water partition coefficient (Wildman–Crippen LogP) is 3.93. The molecule has 5 nitrogen and oxygen atoms in total. The monoisotopic (exact) mass is 362 g/mol. The lowest BCUT2D eigenvalue weighted by Crippen LogP contribution is -2.24. The van der Waals surface area contributed by atoms with Gasteiger partial charge in [-0.1, -0.05) is 30.3 Å². The Bertz CT molecular complexity index is 1050. The van der Waals surface area contributed by atoms with Gasteiger partial charge in [-0.15, -0.1) is 0 Å². The van der Waals surface area contributed by atoms with E-state index in [2.05, 4.69) is 10.3 Å². The van der Waals surface area contributed by atoms with Gasteiger partial charge in [-0.3, -0.25) is 9.59 Å². The molecule has 1 amide bonds.